The maximum atomic E-state index is 4.67. The van der Waals surface area contributed by atoms with E-state index in [1.165, 1.54) is 0 Å². The van der Waals surface area contributed by atoms with Crippen molar-refractivity contribution >= 4 is 16.6 Å². The Bertz CT molecular complexity index is 749. The number of para-hydroxylation sites is 1. The van der Waals surface area contributed by atoms with Crippen molar-refractivity contribution in [2.75, 3.05) is 0 Å². The van der Waals surface area contributed by atoms with E-state index < -0.39 is 0 Å². The highest BCUT2D eigenvalue weighted by molar-refractivity contribution is 5.90. The molecule has 0 radical (unpaired) electrons. The Kier molecular flexibility index (Phi) is 2.27. The zero-order valence-corrected chi connectivity index (χ0v) is 10.5. The highest BCUT2D eigenvalue weighted by atomic mass is 15.4. The molecule has 2 unspecified atom stereocenters. The Morgan fingerprint density at radius 2 is 2.16 bits per heavy atom. The van der Waals surface area contributed by atoms with Crippen LogP contribution in [0, 0.1) is 0 Å². The number of nitrogens with zero attached hydrogens (tertiary/aromatic N) is 4. The van der Waals surface area contributed by atoms with Gasteiger partial charge in [0.1, 0.15) is 6.33 Å². The van der Waals surface area contributed by atoms with Gasteiger partial charge in [0.05, 0.1) is 11.6 Å². The Morgan fingerprint density at radius 1 is 1.26 bits per heavy atom. The largest absolute Gasteiger partial charge is 0.254 e. The van der Waals surface area contributed by atoms with Crippen molar-refractivity contribution in [2.45, 2.75) is 25.4 Å². The first-order chi connectivity index (χ1) is 9.31. The number of rotatable bonds is 1. The third kappa shape index (κ3) is 1.68. The average Bonchev–Trinajstić information content (AvgIpc) is 3.04. The van der Waals surface area contributed by atoms with E-state index in [0.717, 1.165) is 28.8 Å². The first-order valence-electron chi connectivity index (χ1n) is 6.42. The van der Waals surface area contributed by atoms with Gasteiger partial charge in [0.2, 0.25) is 0 Å². The van der Waals surface area contributed by atoms with Crippen LogP contribution in [0.4, 0.5) is 0 Å². The summed E-state index contributed by atoms with van der Waals surface area (Å²) >= 11 is 0. The molecule has 0 saturated carbocycles. The fourth-order valence-corrected chi connectivity index (χ4v) is 2.53. The molecule has 96 valence electrons. The van der Waals surface area contributed by atoms with Crippen molar-refractivity contribution in [3.63, 3.8) is 0 Å². The van der Waals surface area contributed by atoms with E-state index in [0.29, 0.717) is 6.04 Å². The van der Waals surface area contributed by atoms with Gasteiger partial charge in [0.25, 0.3) is 0 Å². The molecule has 1 fully saturated rings. The summed E-state index contributed by atoms with van der Waals surface area (Å²) in [5.74, 6) is 0.815. The minimum atomic E-state index is 0.161. The van der Waals surface area contributed by atoms with Crippen LogP contribution in [0.15, 0.2) is 30.6 Å². The molecule has 2 N–H and O–H groups in total. The molecule has 1 aromatic carbocycles. The number of hydrazine groups is 1. The molecule has 2 atom stereocenters. The van der Waals surface area contributed by atoms with Crippen molar-refractivity contribution < 1.29 is 0 Å². The van der Waals surface area contributed by atoms with E-state index in [4.69, 9.17) is 0 Å². The van der Waals surface area contributed by atoms with Gasteiger partial charge >= 0.3 is 0 Å². The quantitative estimate of drug-likeness (QED) is 0.683. The normalized spacial score (nSPS) is 23.4. The topological polar surface area (TPSA) is 67.1 Å². The van der Waals surface area contributed by atoms with Crippen LogP contribution < -0.4 is 10.9 Å². The highest BCUT2D eigenvalue weighted by Crippen LogP contribution is 2.22. The first kappa shape index (κ1) is 10.8. The van der Waals surface area contributed by atoms with Crippen molar-refractivity contribution in [1.82, 2.24) is 30.4 Å². The van der Waals surface area contributed by atoms with Crippen LogP contribution >= 0.6 is 0 Å². The number of nitrogens with one attached hydrogen (secondary N) is 2. The van der Waals surface area contributed by atoms with Gasteiger partial charge in [-0.25, -0.2) is 19.9 Å². The lowest BCUT2D eigenvalue weighted by Gasteiger charge is -2.01. The summed E-state index contributed by atoms with van der Waals surface area (Å²) < 4.78 is 1.75. The van der Waals surface area contributed by atoms with Crippen LogP contribution in [0.3, 0.4) is 0 Å². The zero-order chi connectivity index (χ0) is 12.8. The summed E-state index contributed by atoms with van der Waals surface area (Å²) in [7, 11) is 0. The molecule has 0 bridgehead atoms. The summed E-state index contributed by atoms with van der Waals surface area (Å²) in [6, 6.07) is 8.59. The van der Waals surface area contributed by atoms with Crippen LogP contribution in [-0.4, -0.2) is 25.6 Å². The minimum absolute atomic E-state index is 0.161. The average molecular weight is 254 g/mol. The molecule has 4 rings (SSSR count). The lowest BCUT2D eigenvalue weighted by molar-refractivity contribution is 0.543. The van der Waals surface area contributed by atoms with Crippen LogP contribution in [0.1, 0.15) is 25.2 Å². The zero-order valence-electron chi connectivity index (χ0n) is 10.5. The molecule has 6 nitrogen and oxygen atoms in total. The number of hydrogen-bond acceptors (Lipinski definition) is 5. The molecule has 0 aliphatic carbocycles. The summed E-state index contributed by atoms with van der Waals surface area (Å²) in [6.07, 6.45) is 2.71. The highest BCUT2D eigenvalue weighted by Gasteiger charge is 2.25. The molecule has 3 aromatic rings. The van der Waals surface area contributed by atoms with Crippen LogP contribution in [0.5, 0.6) is 0 Å². The molecular formula is C13H14N6. The van der Waals surface area contributed by atoms with Crippen molar-refractivity contribution in [1.29, 1.82) is 0 Å². The molecule has 1 aliphatic rings. The third-order valence-electron chi connectivity index (χ3n) is 3.50. The van der Waals surface area contributed by atoms with E-state index in [2.05, 4.69) is 32.8 Å². The van der Waals surface area contributed by atoms with Gasteiger partial charge in [-0.2, -0.15) is 0 Å². The second-order valence-electron chi connectivity index (χ2n) is 4.98. The summed E-state index contributed by atoms with van der Waals surface area (Å²) in [5.41, 5.74) is 8.22. The van der Waals surface area contributed by atoms with Crippen LogP contribution in [0.25, 0.3) is 16.6 Å². The second-order valence-corrected chi connectivity index (χ2v) is 4.98. The number of hydrogen-bond donors (Lipinski definition) is 2. The summed E-state index contributed by atoms with van der Waals surface area (Å²) in [6.45, 7) is 2.14. The standard InChI is InChI=1S/C13H14N6/c1-8-6-11(17-16-8)12-15-13-9-4-2-3-5-10(9)14-7-19(13)18-12/h2-5,7-8,11,16-17H,6H2,1H3. The lowest BCUT2D eigenvalue weighted by Crippen LogP contribution is -2.29. The SMILES string of the molecule is CC1CC(c2nc3c4ccccc4ncn3n2)NN1. The molecule has 0 spiro atoms. The van der Waals surface area contributed by atoms with Gasteiger partial charge in [-0.3, -0.25) is 5.43 Å². The molecule has 0 amide bonds. The van der Waals surface area contributed by atoms with Gasteiger partial charge in [-0.1, -0.05) is 12.1 Å². The van der Waals surface area contributed by atoms with E-state index in [1.807, 2.05) is 24.3 Å². The van der Waals surface area contributed by atoms with E-state index >= 15 is 0 Å². The molecule has 6 heteroatoms. The van der Waals surface area contributed by atoms with Crippen molar-refractivity contribution in [2.24, 2.45) is 0 Å². The van der Waals surface area contributed by atoms with E-state index in [1.54, 1.807) is 10.8 Å². The predicted octanol–water partition coefficient (Wildman–Crippen LogP) is 1.20. The first-order valence-corrected chi connectivity index (χ1v) is 6.42. The molecule has 19 heavy (non-hydrogen) atoms. The maximum absolute atomic E-state index is 4.67. The van der Waals surface area contributed by atoms with Gasteiger partial charge in [-0.15, -0.1) is 5.10 Å². The molecule has 3 heterocycles. The Labute approximate surface area is 109 Å². The smallest absolute Gasteiger partial charge is 0.170 e. The van der Waals surface area contributed by atoms with E-state index in [-0.39, 0.29) is 6.04 Å². The summed E-state index contributed by atoms with van der Waals surface area (Å²) in [5, 5.41) is 5.55. The van der Waals surface area contributed by atoms with Gasteiger partial charge in [0.15, 0.2) is 11.5 Å². The molecular weight excluding hydrogens is 240 g/mol. The number of fused-ring (bicyclic) bond motifs is 3. The third-order valence-corrected chi connectivity index (χ3v) is 3.50. The van der Waals surface area contributed by atoms with Crippen molar-refractivity contribution in [3.8, 4) is 0 Å². The van der Waals surface area contributed by atoms with E-state index in [9.17, 15) is 0 Å². The number of aromatic nitrogens is 4. The Morgan fingerprint density at radius 3 is 3.00 bits per heavy atom. The molecule has 1 saturated heterocycles. The predicted molar refractivity (Wildman–Crippen MR) is 71.4 cm³/mol. The fraction of sp³-hybridized carbons (Fsp3) is 0.308. The van der Waals surface area contributed by atoms with Crippen molar-refractivity contribution in [3.05, 3.63) is 36.4 Å². The van der Waals surface area contributed by atoms with Gasteiger partial charge < -0.3 is 0 Å². The summed E-state index contributed by atoms with van der Waals surface area (Å²) in [4.78, 5) is 9.06. The Balaban J connectivity index is 1.89. The Hall–Kier alpha value is -2.05. The lowest BCUT2D eigenvalue weighted by atomic mass is 10.1. The molecule has 1 aliphatic heterocycles. The fourth-order valence-electron chi connectivity index (χ4n) is 2.53. The minimum Gasteiger partial charge on any atom is -0.254 e. The second kappa shape index (κ2) is 3.97. The van der Waals surface area contributed by atoms with Crippen LogP contribution in [-0.2, 0) is 0 Å². The van der Waals surface area contributed by atoms with Gasteiger partial charge in [-0.05, 0) is 25.5 Å². The molecule has 2 aromatic heterocycles. The number of benzene rings is 1. The maximum Gasteiger partial charge on any atom is 0.170 e. The van der Waals surface area contributed by atoms with Gasteiger partial charge in [0, 0.05) is 11.4 Å². The monoisotopic (exact) mass is 254 g/mol. The van der Waals surface area contributed by atoms with Crippen LogP contribution in [0.2, 0.25) is 0 Å².